The first-order chi connectivity index (χ1) is 10.1. The Kier molecular flexibility index (Phi) is 4.72. The normalized spacial score (nSPS) is 10.8. The summed E-state index contributed by atoms with van der Waals surface area (Å²) in [5.74, 6) is -0.177. The molecule has 0 spiro atoms. The first-order valence-electron chi connectivity index (χ1n) is 6.54. The molecule has 4 heteroatoms. The first-order valence-corrected chi connectivity index (χ1v) is 6.54. The van der Waals surface area contributed by atoms with Gasteiger partial charge in [0.05, 0.1) is 6.61 Å². The van der Waals surface area contributed by atoms with Gasteiger partial charge in [-0.25, -0.2) is 4.39 Å². The molecule has 21 heavy (non-hydrogen) atoms. The molecule has 2 rings (SSSR count). The van der Waals surface area contributed by atoms with Crippen molar-refractivity contribution in [1.82, 2.24) is 0 Å². The molecule has 0 aliphatic heterocycles. The van der Waals surface area contributed by atoms with E-state index in [1.54, 1.807) is 18.2 Å². The maximum atomic E-state index is 12.8. The standard InChI is InChI=1S/C17H15FO3/c1-2-21-17-11-12(4-10-16(17)20)3-9-15(19)13-5-7-14(18)8-6-13/h3-11,20H,2H2,1H3. The summed E-state index contributed by atoms with van der Waals surface area (Å²) < 4.78 is 18.1. The molecular formula is C17H15FO3. The van der Waals surface area contributed by atoms with Crippen molar-refractivity contribution >= 4 is 11.9 Å². The van der Waals surface area contributed by atoms with E-state index in [0.717, 1.165) is 5.56 Å². The molecule has 2 aromatic rings. The van der Waals surface area contributed by atoms with Crippen LogP contribution in [0.5, 0.6) is 11.5 Å². The number of phenolic OH excluding ortho intramolecular Hbond substituents is 1. The zero-order valence-corrected chi connectivity index (χ0v) is 11.5. The maximum Gasteiger partial charge on any atom is 0.185 e. The lowest BCUT2D eigenvalue weighted by molar-refractivity contribution is 0.104. The molecule has 0 amide bonds. The number of carbonyl (C=O) groups is 1. The fourth-order valence-electron chi connectivity index (χ4n) is 1.79. The molecule has 3 nitrogen and oxygen atoms in total. The molecule has 1 N–H and O–H groups in total. The Hall–Kier alpha value is -2.62. The van der Waals surface area contributed by atoms with Crippen LogP contribution < -0.4 is 4.74 Å². The van der Waals surface area contributed by atoms with E-state index in [4.69, 9.17) is 4.74 Å². The summed E-state index contributed by atoms with van der Waals surface area (Å²) in [6.45, 7) is 2.26. The fraction of sp³-hybridized carbons (Fsp3) is 0.118. The predicted octanol–water partition coefficient (Wildman–Crippen LogP) is 3.83. The van der Waals surface area contributed by atoms with E-state index in [1.165, 1.54) is 36.4 Å². The van der Waals surface area contributed by atoms with Gasteiger partial charge in [-0.05, 0) is 55.0 Å². The molecule has 0 aliphatic carbocycles. The Balaban J connectivity index is 2.15. The largest absolute Gasteiger partial charge is 0.504 e. The van der Waals surface area contributed by atoms with Crippen LogP contribution >= 0.6 is 0 Å². The Labute approximate surface area is 122 Å². The van der Waals surface area contributed by atoms with Gasteiger partial charge in [-0.2, -0.15) is 0 Å². The first kappa shape index (κ1) is 14.8. The summed E-state index contributed by atoms with van der Waals surface area (Å²) in [6.07, 6.45) is 3.02. The van der Waals surface area contributed by atoms with Gasteiger partial charge in [0.2, 0.25) is 0 Å². The van der Waals surface area contributed by atoms with Gasteiger partial charge in [-0.3, -0.25) is 4.79 Å². The zero-order valence-electron chi connectivity index (χ0n) is 11.5. The number of allylic oxidation sites excluding steroid dienone is 1. The number of phenols is 1. The van der Waals surface area contributed by atoms with Crippen LogP contribution in [0.25, 0.3) is 6.08 Å². The lowest BCUT2D eigenvalue weighted by atomic mass is 10.1. The highest BCUT2D eigenvalue weighted by molar-refractivity contribution is 6.06. The van der Waals surface area contributed by atoms with Gasteiger partial charge in [-0.15, -0.1) is 0 Å². The average Bonchev–Trinajstić information content (AvgIpc) is 2.48. The van der Waals surface area contributed by atoms with Crippen LogP contribution in [0.4, 0.5) is 4.39 Å². The molecule has 0 aliphatic rings. The SMILES string of the molecule is CCOc1cc(C=CC(=O)c2ccc(F)cc2)ccc1O. The minimum absolute atomic E-state index is 0.0545. The van der Waals surface area contributed by atoms with Crippen molar-refractivity contribution in [3.8, 4) is 11.5 Å². The smallest absolute Gasteiger partial charge is 0.185 e. The average molecular weight is 286 g/mol. The Morgan fingerprint density at radius 3 is 2.62 bits per heavy atom. The number of hydrogen-bond acceptors (Lipinski definition) is 3. The van der Waals surface area contributed by atoms with Gasteiger partial charge in [0, 0.05) is 5.56 Å². The van der Waals surface area contributed by atoms with Crippen LogP contribution in [0, 0.1) is 5.82 Å². The second-order valence-corrected chi connectivity index (χ2v) is 4.36. The Bertz CT molecular complexity index is 660. The van der Waals surface area contributed by atoms with Crippen molar-refractivity contribution < 1.29 is 19.0 Å². The van der Waals surface area contributed by atoms with Crippen molar-refractivity contribution in [1.29, 1.82) is 0 Å². The number of hydrogen-bond donors (Lipinski definition) is 1. The van der Waals surface area contributed by atoms with Gasteiger partial charge in [-0.1, -0.05) is 12.1 Å². The van der Waals surface area contributed by atoms with E-state index in [-0.39, 0.29) is 17.3 Å². The van der Waals surface area contributed by atoms with Gasteiger partial charge in [0.1, 0.15) is 5.82 Å². The van der Waals surface area contributed by atoms with Gasteiger partial charge >= 0.3 is 0 Å². The second kappa shape index (κ2) is 6.70. The highest BCUT2D eigenvalue weighted by Gasteiger charge is 2.04. The highest BCUT2D eigenvalue weighted by atomic mass is 19.1. The lowest BCUT2D eigenvalue weighted by Crippen LogP contribution is -1.94. The quantitative estimate of drug-likeness (QED) is 0.671. The molecule has 0 saturated carbocycles. The molecule has 108 valence electrons. The predicted molar refractivity (Wildman–Crippen MR) is 79.0 cm³/mol. The summed E-state index contributed by atoms with van der Waals surface area (Å²) in [4.78, 5) is 11.9. The van der Waals surface area contributed by atoms with E-state index in [1.807, 2.05) is 6.92 Å². The number of aromatic hydroxyl groups is 1. The second-order valence-electron chi connectivity index (χ2n) is 4.36. The minimum atomic E-state index is -0.379. The summed E-state index contributed by atoms with van der Waals surface area (Å²) in [5, 5.41) is 9.60. The van der Waals surface area contributed by atoms with Crippen molar-refractivity contribution in [3.05, 3.63) is 65.5 Å². The molecule has 0 atom stereocenters. The summed E-state index contributed by atoms with van der Waals surface area (Å²) in [6, 6.07) is 10.2. The van der Waals surface area contributed by atoms with Gasteiger partial charge < -0.3 is 9.84 Å². The van der Waals surface area contributed by atoms with Crippen molar-refractivity contribution in [2.24, 2.45) is 0 Å². The monoisotopic (exact) mass is 286 g/mol. The summed E-state index contributed by atoms with van der Waals surface area (Å²) >= 11 is 0. The van der Waals surface area contributed by atoms with Crippen LogP contribution in [0.2, 0.25) is 0 Å². The van der Waals surface area contributed by atoms with Crippen LogP contribution in [0.3, 0.4) is 0 Å². The highest BCUT2D eigenvalue weighted by Crippen LogP contribution is 2.27. The molecule has 0 radical (unpaired) electrons. The molecule has 0 unspecified atom stereocenters. The molecule has 0 bridgehead atoms. The summed E-state index contributed by atoms with van der Waals surface area (Å²) in [7, 11) is 0. The number of halogens is 1. The van der Waals surface area contributed by atoms with Gasteiger partial charge in [0.15, 0.2) is 17.3 Å². The molecule has 0 fully saturated rings. The Morgan fingerprint density at radius 2 is 1.95 bits per heavy atom. The fourth-order valence-corrected chi connectivity index (χ4v) is 1.79. The number of carbonyl (C=O) groups excluding carboxylic acids is 1. The van der Waals surface area contributed by atoms with Crippen LogP contribution in [-0.2, 0) is 0 Å². The molecule has 0 aromatic heterocycles. The van der Waals surface area contributed by atoms with E-state index in [2.05, 4.69) is 0 Å². The maximum absolute atomic E-state index is 12.8. The number of ketones is 1. The third-order valence-electron chi connectivity index (χ3n) is 2.84. The van der Waals surface area contributed by atoms with Crippen molar-refractivity contribution in [2.75, 3.05) is 6.61 Å². The van der Waals surface area contributed by atoms with Crippen molar-refractivity contribution in [2.45, 2.75) is 6.92 Å². The zero-order chi connectivity index (χ0) is 15.2. The van der Waals surface area contributed by atoms with Gasteiger partial charge in [0.25, 0.3) is 0 Å². The van der Waals surface area contributed by atoms with E-state index >= 15 is 0 Å². The molecular weight excluding hydrogens is 271 g/mol. The molecule has 0 heterocycles. The van der Waals surface area contributed by atoms with Crippen molar-refractivity contribution in [3.63, 3.8) is 0 Å². The van der Waals surface area contributed by atoms with E-state index < -0.39 is 0 Å². The third-order valence-corrected chi connectivity index (χ3v) is 2.84. The number of ether oxygens (including phenoxy) is 1. The third kappa shape index (κ3) is 3.92. The molecule has 2 aromatic carbocycles. The Morgan fingerprint density at radius 1 is 1.24 bits per heavy atom. The minimum Gasteiger partial charge on any atom is -0.504 e. The van der Waals surface area contributed by atoms with Crippen LogP contribution in [-0.4, -0.2) is 17.5 Å². The number of benzene rings is 2. The molecule has 0 saturated heterocycles. The summed E-state index contributed by atoms with van der Waals surface area (Å²) in [5.41, 5.74) is 1.14. The van der Waals surface area contributed by atoms with E-state index in [9.17, 15) is 14.3 Å². The van der Waals surface area contributed by atoms with Crippen LogP contribution in [0.1, 0.15) is 22.8 Å². The van der Waals surface area contributed by atoms with E-state index in [0.29, 0.717) is 17.9 Å². The lowest BCUT2D eigenvalue weighted by Gasteiger charge is -2.06. The topological polar surface area (TPSA) is 46.5 Å². The van der Waals surface area contributed by atoms with Crippen LogP contribution in [0.15, 0.2) is 48.5 Å². The number of rotatable bonds is 5.